The first-order chi connectivity index (χ1) is 7.25. The minimum atomic E-state index is -0.201. The van der Waals surface area contributed by atoms with Crippen LogP contribution in [0.25, 0.3) is 0 Å². The molecule has 1 amide bonds. The van der Waals surface area contributed by atoms with Gasteiger partial charge in [-0.1, -0.05) is 17.7 Å². The fourth-order valence-electron chi connectivity index (χ4n) is 1.44. The second-order valence-corrected chi connectivity index (χ2v) is 3.77. The molecule has 1 unspecified atom stereocenters. The van der Waals surface area contributed by atoms with Gasteiger partial charge in [-0.3, -0.25) is 4.79 Å². The van der Waals surface area contributed by atoms with Gasteiger partial charge in [0.15, 0.2) is 0 Å². The highest BCUT2D eigenvalue weighted by Crippen LogP contribution is 2.07. The maximum absolute atomic E-state index is 11.7. The number of ether oxygens (including phenoxy) is 1. The van der Waals surface area contributed by atoms with Gasteiger partial charge in [-0.15, -0.1) is 0 Å². The Morgan fingerprint density at radius 1 is 1.60 bits per heavy atom. The number of amides is 1. The van der Waals surface area contributed by atoms with Crippen molar-refractivity contribution in [1.82, 2.24) is 10.3 Å². The van der Waals surface area contributed by atoms with Gasteiger partial charge in [-0.05, 0) is 18.6 Å². The molecule has 1 aliphatic rings. The molecule has 0 aromatic carbocycles. The molecule has 1 aromatic heterocycles. The first kappa shape index (κ1) is 10.4. The maximum Gasteiger partial charge on any atom is 0.270 e. The molecule has 2 rings (SSSR count). The zero-order valence-electron chi connectivity index (χ0n) is 8.07. The van der Waals surface area contributed by atoms with Gasteiger partial charge in [-0.25, -0.2) is 4.98 Å². The van der Waals surface area contributed by atoms with Crippen molar-refractivity contribution in [3.8, 4) is 0 Å². The summed E-state index contributed by atoms with van der Waals surface area (Å²) in [5, 5.41) is 3.16. The third-order valence-corrected chi connectivity index (χ3v) is 2.42. The van der Waals surface area contributed by atoms with E-state index in [9.17, 15) is 4.79 Å². The summed E-state index contributed by atoms with van der Waals surface area (Å²) in [6.07, 6.45) is 0.853. The quantitative estimate of drug-likeness (QED) is 0.773. The lowest BCUT2D eigenvalue weighted by molar-refractivity contribution is 0.0925. The van der Waals surface area contributed by atoms with Crippen molar-refractivity contribution < 1.29 is 9.53 Å². The van der Waals surface area contributed by atoms with Crippen LogP contribution in [0.3, 0.4) is 0 Å². The van der Waals surface area contributed by atoms with Gasteiger partial charge in [0.2, 0.25) is 0 Å². The molecule has 1 N–H and O–H groups in total. The third-order valence-electron chi connectivity index (χ3n) is 2.21. The molecule has 0 aliphatic carbocycles. The van der Waals surface area contributed by atoms with Gasteiger partial charge in [-0.2, -0.15) is 0 Å². The molecular weight excluding hydrogens is 216 g/mol. The molecule has 80 valence electrons. The summed E-state index contributed by atoms with van der Waals surface area (Å²) in [5.74, 6) is -0.201. The van der Waals surface area contributed by atoms with Gasteiger partial charge in [0.25, 0.3) is 5.91 Å². The predicted octanol–water partition coefficient (Wildman–Crippen LogP) is 1.25. The fraction of sp³-hybridized carbons (Fsp3) is 0.400. The average Bonchev–Trinajstić information content (AvgIpc) is 2.70. The highest BCUT2D eigenvalue weighted by molar-refractivity contribution is 6.29. The summed E-state index contributed by atoms with van der Waals surface area (Å²) < 4.78 is 5.16. The standard InChI is InChI=1S/C10H11ClN2O2/c11-9-3-1-2-8(13-9)10(14)12-7-4-5-15-6-7/h1-3,7H,4-6H2,(H,12,14). The summed E-state index contributed by atoms with van der Waals surface area (Å²) >= 11 is 5.69. The number of nitrogens with zero attached hydrogens (tertiary/aromatic N) is 1. The molecule has 1 aliphatic heterocycles. The highest BCUT2D eigenvalue weighted by Gasteiger charge is 2.19. The van der Waals surface area contributed by atoms with Gasteiger partial charge in [0.1, 0.15) is 10.8 Å². The summed E-state index contributed by atoms with van der Waals surface area (Å²) in [6, 6.07) is 5.07. The van der Waals surface area contributed by atoms with E-state index in [1.807, 2.05) is 0 Å². The zero-order chi connectivity index (χ0) is 10.7. The number of halogens is 1. The Bertz CT molecular complexity index is 364. The zero-order valence-corrected chi connectivity index (χ0v) is 8.83. The Hall–Kier alpha value is -1.13. The molecule has 1 aromatic rings. The lowest BCUT2D eigenvalue weighted by Crippen LogP contribution is -2.35. The predicted molar refractivity (Wildman–Crippen MR) is 55.9 cm³/mol. The van der Waals surface area contributed by atoms with Crippen LogP contribution in [0.5, 0.6) is 0 Å². The van der Waals surface area contributed by atoms with Gasteiger partial charge in [0, 0.05) is 6.61 Å². The van der Waals surface area contributed by atoms with E-state index in [0.717, 1.165) is 6.42 Å². The molecule has 0 bridgehead atoms. The van der Waals surface area contributed by atoms with Crippen molar-refractivity contribution in [1.29, 1.82) is 0 Å². The number of pyridine rings is 1. The molecule has 15 heavy (non-hydrogen) atoms. The molecule has 5 heteroatoms. The van der Waals surface area contributed by atoms with Crippen LogP contribution < -0.4 is 5.32 Å². The van der Waals surface area contributed by atoms with Crippen molar-refractivity contribution in [2.75, 3.05) is 13.2 Å². The van der Waals surface area contributed by atoms with Crippen LogP contribution >= 0.6 is 11.6 Å². The van der Waals surface area contributed by atoms with Gasteiger partial charge < -0.3 is 10.1 Å². The number of hydrogen-bond acceptors (Lipinski definition) is 3. The number of hydrogen-bond donors (Lipinski definition) is 1. The highest BCUT2D eigenvalue weighted by atomic mass is 35.5. The van der Waals surface area contributed by atoms with Crippen molar-refractivity contribution in [2.24, 2.45) is 0 Å². The molecule has 1 atom stereocenters. The van der Waals surface area contributed by atoms with Crippen molar-refractivity contribution >= 4 is 17.5 Å². The maximum atomic E-state index is 11.7. The normalized spacial score (nSPS) is 20.2. The summed E-state index contributed by atoms with van der Waals surface area (Å²) in [6.45, 7) is 1.28. The number of carbonyl (C=O) groups excluding carboxylic acids is 1. The van der Waals surface area contributed by atoms with Crippen molar-refractivity contribution in [3.05, 3.63) is 29.0 Å². The Morgan fingerprint density at radius 3 is 3.13 bits per heavy atom. The van der Waals surface area contributed by atoms with E-state index in [2.05, 4.69) is 10.3 Å². The number of carbonyl (C=O) groups is 1. The lowest BCUT2D eigenvalue weighted by Gasteiger charge is -2.09. The van der Waals surface area contributed by atoms with Crippen molar-refractivity contribution in [2.45, 2.75) is 12.5 Å². The van der Waals surface area contributed by atoms with E-state index in [-0.39, 0.29) is 11.9 Å². The molecular formula is C10H11ClN2O2. The topological polar surface area (TPSA) is 51.2 Å². The molecule has 0 saturated carbocycles. The molecule has 0 radical (unpaired) electrons. The molecule has 1 fully saturated rings. The van der Waals surface area contributed by atoms with E-state index in [1.54, 1.807) is 18.2 Å². The second kappa shape index (κ2) is 4.59. The first-order valence-corrected chi connectivity index (χ1v) is 5.14. The minimum absolute atomic E-state index is 0.0956. The Labute approximate surface area is 92.6 Å². The number of rotatable bonds is 2. The van der Waals surface area contributed by atoms with Crippen molar-refractivity contribution in [3.63, 3.8) is 0 Å². The van der Waals surface area contributed by atoms with Gasteiger partial charge in [0.05, 0.1) is 12.6 Å². The van der Waals surface area contributed by atoms with Crippen LogP contribution in [0, 0.1) is 0 Å². The third kappa shape index (κ3) is 2.67. The van der Waals surface area contributed by atoms with E-state index < -0.39 is 0 Å². The van der Waals surface area contributed by atoms with E-state index in [4.69, 9.17) is 16.3 Å². The summed E-state index contributed by atoms with van der Waals surface area (Å²) in [7, 11) is 0. The Morgan fingerprint density at radius 2 is 2.47 bits per heavy atom. The fourth-order valence-corrected chi connectivity index (χ4v) is 1.61. The monoisotopic (exact) mass is 226 g/mol. The van der Waals surface area contributed by atoms with E-state index in [1.165, 1.54) is 0 Å². The van der Waals surface area contributed by atoms with Crippen LogP contribution in [0.15, 0.2) is 18.2 Å². The second-order valence-electron chi connectivity index (χ2n) is 3.38. The van der Waals surface area contributed by atoms with Crippen LogP contribution in [0.4, 0.5) is 0 Å². The SMILES string of the molecule is O=C(NC1CCOC1)c1cccc(Cl)n1. The van der Waals surface area contributed by atoms with Gasteiger partial charge >= 0.3 is 0 Å². The molecule has 2 heterocycles. The summed E-state index contributed by atoms with van der Waals surface area (Å²) in [4.78, 5) is 15.6. The van der Waals surface area contributed by atoms with Crippen LogP contribution in [0.2, 0.25) is 5.15 Å². The molecule has 1 saturated heterocycles. The Balaban J connectivity index is 2.01. The smallest absolute Gasteiger partial charge is 0.270 e. The van der Waals surface area contributed by atoms with Crippen LogP contribution in [0.1, 0.15) is 16.9 Å². The summed E-state index contributed by atoms with van der Waals surface area (Å²) in [5.41, 5.74) is 0.342. The molecule has 0 spiro atoms. The number of nitrogens with one attached hydrogen (secondary N) is 1. The first-order valence-electron chi connectivity index (χ1n) is 4.77. The van der Waals surface area contributed by atoms with Crippen LogP contribution in [-0.2, 0) is 4.74 Å². The molecule has 4 nitrogen and oxygen atoms in total. The average molecular weight is 227 g/mol. The lowest BCUT2D eigenvalue weighted by atomic mass is 10.2. The van der Waals surface area contributed by atoms with E-state index >= 15 is 0 Å². The minimum Gasteiger partial charge on any atom is -0.379 e. The number of aromatic nitrogens is 1. The Kier molecular flexibility index (Phi) is 3.18. The largest absolute Gasteiger partial charge is 0.379 e. The van der Waals surface area contributed by atoms with Crippen LogP contribution in [-0.4, -0.2) is 30.1 Å². The van der Waals surface area contributed by atoms with E-state index in [0.29, 0.717) is 24.1 Å².